The van der Waals surface area contributed by atoms with Crippen LogP contribution in [0.5, 0.6) is 0 Å². The normalized spacial score (nSPS) is 17.4. The van der Waals surface area contributed by atoms with Gasteiger partial charge in [0.05, 0.1) is 6.54 Å². The van der Waals surface area contributed by atoms with Crippen molar-refractivity contribution < 1.29 is 9.26 Å². The first-order valence-corrected chi connectivity index (χ1v) is 8.49. The Morgan fingerprint density at radius 1 is 1.08 bits per heavy atom. The van der Waals surface area contributed by atoms with Crippen LogP contribution in [0.25, 0.3) is 0 Å². The minimum Gasteiger partial charge on any atom is -0.377 e. The summed E-state index contributed by atoms with van der Waals surface area (Å²) in [6.45, 7) is 1.87. The van der Waals surface area contributed by atoms with Gasteiger partial charge in [-0.05, 0) is 23.1 Å². The van der Waals surface area contributed by atoms with Gasteiger partial charge >= 0.3 is 0 Å². The minimum atomic E-state index is 0.300. The lowest BCUT2D eigenvalue weighted by Crippen LogP contribution is -2.33. The standard InChI is InChI=1S/C20H21N3O2/c1-24-14-19-21-20(25-22-19)13-23-12-17-10-6-5-9-16(17)11-18(23)15-7-3-2-4-8-15/h2-10,18H,11-14H2,1H3. The zero-order chi connectivity index (χ0) is 17.1. The van der Waals surface area contributed by atoms with Gasteiger partial charge < -0.3 is 9.26 Å². The number of methoxy groups -OCH3 is 1. The van der Waals surface area contributed by atoms with Crippen molar-refractivity contribution in [2.24, 2.45) is 0 Å². The van der Waals surface area contributed by atoms with Crippen molar-refractivity contribution in [3.05, 3.63) is 83.0 Å². The second-order valence-electron chi connectivity index (χ2n) is 6.34. The predicted molar refractivity (Wildman–Crippen MR) is 93.6 cm³/mol. The lowest BCUT2D eigenvalue weighted by atomic mass is 9.90. The van der Waals surface area contributed by atoms with Crippen LogP contribution in [0.3, 0.4) is 0 Å². The van der Waals surface area contributed by atoms with E-state index in [9.17, 15) is 0 Å². The van der Waals surface area contributed by atoms with Crippen LogP contribution in [0.1, 0.15) is 34.4 Å². The first-order chi connectivity index (χ1) is 12.3. The molecule has 0 saturated heterocycles. The summed E-state index contributed by atoms with van der Waals surface area (Å²) < 4.78 is 10.5. The summed E-state index contributed by atoms with van der Waals surface area (Å²) in [5.41, 5.74) is 4.10. The molecule has 0 spiro atoms. The van der Waals surface area contributed by atoms with Gasteiger partial charge in [-0.2, -0.15) is 4.98 Å². The SMILES string of the molecule is COCc1noc(CN2Cc3ccccc3CC2c2ccccc2)n1. The lowest BCUT2D eigenvalue weighted by Gasteiger charge is -2.36. The van der Waals surface area contributed by atoms with E-state index >= 15 is 0 Å². The van der Waals surface area contributed by atoms with Crippen molar-refractivity contribution in [3.63, 3.8) is 0 Å². The largest absolute Gasteiger partial charge is 0.377 e. The van der Waals surface area contributed by atoms with Crippen LogP contribution in [0, 0.1) is 0 Å². The summed E-state index contributed by atoms with van der Waals surface area (Å²) in [7, 11) is 1.63. The Morgan fingerprint density at radius 2 is 1.84 bits per heavy atom. The van der Waals surface area contributed by atoms with Crippen molar-refractivity contribution in [2.75, 3.05) is 7.11 Å². The van der Waals surface area contributed by atoms with E-state index < -0.39 is 0 Å². The quantitative estimate of drug-likeness (QED) is 0.714. The predicted octanol–water partition coefficient (Wildman–Crippen LogP) is 3.52. The fourth-order valence-corrected chi connectivity index (χ4v) is 3.46. The fourth-order valence-electron chi connectivity index (χ4n) is 3.46. The van der Waals surface area contributed by atoms with E-state index in [1.807, 2.05) is 0 Å². The smallest absolute Gasteiger partial charge is 0.240 e. The Bertz CT molecular complexity index is 832. The number of aromatic nitrogens is 2. The van der Waals surface area contributed by atoms with Crippen molar-refractivity contribution in [3.8, 4) is 0 Å². The summed E-state index contributed by atoms with van der Waals surface area (Å²) in [5.74, 6) is 1.22. The Balaban J connectivity index is 1.62. The van der Waals surface area contributed by atoms with Crippen LogP contribution in [0.2, 0.25) is 0 Å². The summed E-state index contributed by atoms with van der Waals surface area (Å²) >= 11 is 0. The minimum absolute atomic E-state index is 0.300. The molecular formula is C20H21N3O2. The van der Waals surface area contributed by atoms with E-state index in [1.165, 1.54) is 16.7 Å². The molecule has 5 nitrogen and oxygen atoms in total. The van der Waals surface area contributed by atoms with E-state index in [0.717, 1.165) is 13.0 Å². The Morgan fingerprint density at radius 3 is 2.64 bits per heavy atom. The van der Waals surface area contributed by atoms with Gasteiger partial charge in [0, 0.05) is 19.7 Å². The topological polar surface area (TPSA) is 51.4 Å². The van der Waals surface area contributed by atoms with Crippen LogP contribution in [0.15, 0.2) is 59.1 Å². The van der Waals surface area contributed by atoms with Gasteiger partial charge in [0.15, 0.2) is 5.82 Å². The number of hydrogen-bond acceptors (Lipinski definition) is 5. The first kappa shape index (κ1) is 16.0. The third-order valence-electron chi connectivity index (χ3n) is 4.65. The molecule has 0 fully saturated rings. The van der Waals surface area contributed by atoms with Gasteiger partial charge in [-0.1, -0.05) is 59.8 Å². The average Bonchev–Trinajstić information content (AvgIpc) is 3.09. The Hall–Kier alpha value is -2.50. The van der Waals surface area contributed by atoms with Crippen molar-refractivity contribution >= 4 is 0 Å². The molecular weight excluding hydrogens is 314 g/mol. The maximum Gasteiger partial charge on any atom is 0.240 e. The third-order valence-corrected chi connectivity index (χ3v) is 4.65. The molecule has 2 aromatic carbocycles. The molecule has 1 aromatic heterocycles. The van der Waals surface area contributed by atoms with E-state index in [1.54, 1.807) is 7.11 Å². The second-order valence-corrected chi connectivity index (χ2v) is 6.34. The average molecular weight is 335 g/mol. The monoisotopic (exact) mass is 335 g/mol. The highest BCUT2D eigenvalue weighted by atomic mass is 16.5. The van der Waals surface area contributed by atoms with Crippen LogP contribution >= 0.6 is 0 Å². The molecule has 0 aliphatic carbocycles. The highest BCUT2D eigenvalue weighted by molar-refractivity contribution is 5.33. The number of rotatable bonds is 5. The van der Waals surface area contributed by atoms with Crippen molar-refractivity contribution in [2.45, 2.75) is 32.2 Å². The molecule has 0 N–H and O–H groups in total. The molecule has 0 bridgehead atoms. The molecule has 1 aliphatic rings. The van der Waals surface area contributed by atoms with Crippen molar-refractivity contribution in [1.29, 1.82) is 0 Å². The summed E-state index contributed by atoms with van der Waals surface area (Å²) in [5, 5.41) is 3.98. The maximum absolute atomic E-state index is 5.41. The zero-order valence-electron chi connectivity index (χ0n) is 14.3. The highest BCUT2D eigenvalue weighted by Crippen LogP contribution is 2.34. The van der Waals surface area contributed by atoms with E-state index in [-0.39, 0.29) is 0 Å². The van der Waals surface area contributed by atoms with Gasteiger partial charge in [0.2, 0.25) is 5.89 Å². The molecule has 2 heterocycles. The number of ether oxygens (including phenoxy) is 1. The van der Waals surface area contributed by atoms with Gasteiger partial charge in [0.1, 0.15) is 6.61 Å². The molecule has 1 unspecified atom stereocenters. The Kier molecular flexibility index (Phi) is 4.59. The number of benzene rings is 2. The van der Waals surface area contributed by atoms with Crippen LogP contribution in [-0.4, -0.2) is 22.2 Å². The number of fused-ring (bicyclic) bond motifs is 1. The molecule has 1 aliphatic heterocycles. The second kappa shape index (κ2) is 7.17. The molecule has 0 saturated carbocycles. The van der Waals surface area contributed by atoms with Gasteiger partial charge in [-0.15, -0.1) is 0 Å². The van der Waals surface area contributed by atoms with Gasteiger partial charge in [-0.25, -0.2) is 0 Å². The fraction of sp³-hybridized carbons (Fsp3) is 0.300. The van der Waals surface area contributed by atoms with E-state index in [0.29, 0.717) is 30.9 Å². The summed E-state index contributed by atoms with van der Waals surface area (Å²) in [4.78, 5) is 6.84. The van der Waals surface area contributed by atoms with E-state index in [2.05, 4.69) is 69.6 Å². The molecule has 0 radical (unpaired) electrons. The van der Waals surface area contributed by atoms with Crippen LogP contribution in [-0.2, 0) is 30.9 Å². The molecule has 1 atom stereocenters. The van der Waals surface area contributed by atoms with E-state index in [4.69, 9.17) is 9.26 Å². The molecule has 25 heavy (non-hydrogen) atoms. The third kappa shape index (κ3) is 3.48. The van der Waals surface area contributed by atoms with Gasteiger partial charge in [0.25, 0.3) is 0 Å². The van der Waals surface area contributed by atoms with Crippen LogP contribution < -0.4 is 0 Å². The molecule has 3 aromatic rings. The number of nitrogens with zero attached hydrogens (tertiary/aromatic N) is 3. The highest BCUT2D eigenvalue weighted by Gasteiger charge is 2.28. The molecule has 5 heteroatoms. The zero-order valence-corrected chi connectivity index (χ0v) is 14.3. The first-order valence-electron chi connectivity index (χ1n) is 8.49. The summed E-state index contributed by atoms with van der Waals surface area (Å²) in [6.07, 6.45) is 0.985. The Labute approximate surface area is 147 Å². The molecule has 4 rings (SSSR count). The number of hydrogen-bond donors (Lipinski definition) is 0. The van der Waals surface area contributed by atoms with Crippen molar-refractivity contribution in [1.82, 2.24) is 15.0 Å². The summed E-state index contributed by atoms with van der Waals surface area (Å²) in [6, 6.07) is 19.6. The van der Waals surface area contributed by atoms with Crippen LogP contribution in [0.4, 0.5) is 0 Å². The molecule has 128 valence electrons. The van der Waals surface area contributed by atoms with Gasteiger partial charge in [-0.3, -0.25) is 4.90 Å². The maximum atomic E-state index is 5.41. The lowest BCUT2D eigenvalue weighted by molar-refractivity contribution is 0.142. The molecule has 0 amide bonds.